The standard InChI is InChI=1S/C31H28F4NO6P/c1-3-26(36-19(2)23-15-24(31(33,34)35)17-25(32)16-23)9-4-20-5-12-29-22(14-20)8-13-28(30(29)37)21-6-10-27(11-7-21)41-18-42-43(38,39)40/h3,5-7,10-17H,4,8-9,18H2,1-2H3,(H2,38,39,40)/b26-3-,36-19?. The topological polar surface area (TPSA) is 105 Å². The van der Waals surface area contributed by atoms with Gasteiger partial charge >= 0.3 is 14.0 Å². The Hall–Kier alpha value is -3.89. The van der Waals surface area contributed by atoms with Crippen molar-refractivity contribution in [2.75, 3.05) is 6.79 Å². The van der Waals surface area contributed by atoms with Crippen LogP contribution in [0.4, 0.5) is 17.6 Å². The summed E-state index contributed by atoms with van der Waals surface area (Å²) in [5, 5.41) is 0. The van der Waals surface area contributed by atoms with Crippen molar-refractivity contribution in [1.29, 1.82) is 0 Å². The first-order valence-corrected chi connectivity index (χ1v) is 14.6. The molecular weight excluding hydrogens is 589 g/mol. The molecule has 0 fully saturated rings. The van der Waals surface area contributed by atoms with E-state index in [4.69, 9.17) is 14.5 Å². The number of benzene rings is 3. The summed E-state index contributed by atoms with van der Waals surface area (Å²) in [6.07, 6.45) is 0.492. The number of phosphoric acid groups is 1. The Labute approximate surface area is 245 Å². The van der Waals surface area contributed by atoms with Gasteiger partial charge in [-0.15, -0.1) is 0 Å². The van der Waals surface area contributed by atoms with Crippen molar-refractivity contribution in [2.24, 2.45) is 4.99 Å². The molecule has 0 bridgehead atoms. The van der Waals surface area contributed by atoms with Gasteiger partial charge in [-0.3, -0.25) is 9.79 Å². The molecular formula is C31H28F4NO6P. The molecule has 1 aliphatic rings. The number of allylic oxidation sites excluding steroid dienone is 4. The predicted octanol–water partition coefficient (Wildman–Crippen LogP) is 7.46. The minimum absolute atomic E-state index is 0.0534. The Morgan fingerprint density at radius 2 is 1.79 bits per heavy atom. The van der Waals surface area contributed by atoms with Gasteiger partial charge in [-0.25, -0.2) is 13.5 Å². The number of Topliss-reactive ketones (excluding diaryl/α,β-unsaturated/α-hetero) is 1. The number of halogens is 4. The number of fused-ring (bicyclic) bond motifs is 1. The number of carbonyl (C=O) groups excluding carboxylic acids is 1. The van der Waals surface area contributed by atoms with Gasteiger partial charge in [-0.2, -0.15) is 13.2 Å². The molecule has 12 heteroatoms. The van der Waals surface area contributed by atoms with Crippen molar-refractivity contribution in [3.63, 3.8) is 0 Å². The molecule has 226 valence electrons. The zero-order valence-corrected chi connectivity index (χ0v) is 24.1. The van der Waals surface area contributed by atoms with Crippen molar-refractivity contribution in [3.05, 3.63) is 118 Å². The molecule has 4 rings (SSSR count). The summed E-state index contributed by atoms with van der Waals surface area (Å²) in [4.78, 5) is 35.1. The Kier molecular flexibility index (Phi) is 9.82. The third-order valence-corrected chi connectivity index (χ3v) is 7.20. The smallest absolute Gasteiger partial charge is 0.467 e. The molecule has 0 spiro atoms. The number of hydrogen-bond acceptors (Lipinski definition) is 5. The molecule has 0 aliphatic heterocycles. The van der Waals surface area contributed by atoms with Crippen molar-refractivity contribution in [1.82, 2.24) is 0 Å². The minimum atomic E-state index is -4.67. The minimum Gasteiger partial charge on any atom is -0.467 e. The van der Waals surface area contributed by atoms with Crippen molar-refractivity contribution < 1.29 is 46.0 Å². The van der Waals surface area contributed by atoms with E-state index in [2.05, 4.69) is 9.52 Å². The van der Waals surface area contributed by atoms with Crippen LogP contribution in [0.1, 0.15) is 58.4 Å². The lowest BCUT2D eigenvalue weighted by molar-refractivity contribution is -0.137. The molecule has 43 heavy (non-hydrogen) atoms. The summed E-state index contributed by atoms with van der Waals surface area (Å²) in [5.41, 5.74) is 3.45. The molecule has 0 radical (unpaired) electrons. The monoisotopic (exact) mass is 617 g/mol. The zero-order chi connectivity index (χ0) is 31.4. The number of ketones is 1. The number of phosphoric ester groups is 1. The maximum Gasteiger partial charge on any atom is 0.472 e. The number of nitrogens with zero attached hydrogens (tertiary/aromatic N) is 1. The van der Waals surface area contributed by atoms with Gasteiger partial charge in [0.2, 0.25) is 0 Å². The summed E-state index contributed by atoms with van der Waals surface area (Å²) < 4.78 is 73.3. The summed E-state index contributed by atoms with van der Waals surface area (Å²) >= 11 is 0. The average molecular weight is 618 g/mol. The third kappa shape index (κ3) is 8.58. The van der Waals surface area contributed by atoms with Gasteiger partial charge < -0.3 is 14.5 Å². The Bertz CT molecular complexity index is 1660. The first kappa shape index (κ1) is 32.0. The predicted molar refractivity (Wildman–Crippen MR) is 153 cm³/mol. The molecule has 3 aromatic carbocycles. The van der Waals surface area contributed by atoms with E-state index in [1.54, 1.807) is 43.3 Å². The number of alkyl halides is 3. The number of carbonyl (C=O) groups is 1. The molecule has 1 aliphatic carbocycles. The van der Waals surface area contributed by atoms with Gasteiger partial charge in [0.05, 0.1) is 5.56 Å². The largest absolute Gasteiger partial charge is 0.472 e. The molecule has 0 unspecified atom stereocenters. The van der Waals surface area contributed by atoms with Crippen LogP contribution >= 0.6 is 7.82 Å². The van der Waals surface area contributed by atoms with E-state index < -0.39 is 32.2 Å². The Balaban J connectivity index is 1.41. The van der Waals surface area contributed by atoms with Crippen molar-refractivity contribution in [3.8, 4) is 5.75 Å². The van der Waals surface area contributed by atoms with Gasteiger partial charge in [-0.1, -0.05) is 42.5 Å². The van der Waals surface area contributed by atoms with E-state index in [9.17, 15) is 26.9 Å². The Morgan fingerprint density at radius 3 is 2.44 bits per heavy atom. The second-order valence-corrected chi connectivity index (χ2v) is 11.0. The lowest BCUT2D eigenvalue weighted by atomic mass is 9.85. The van der Waals surface area contributed by atoms with E-state index in [0.29, 0.717) is 53.5 Å². The van der Waals surface area contributed by atoms with E-state index in [0.717, 1.165) is 23.3 Å². The maximum atomic E-state index is 13.9. The molecule has 0 aromatic heterocycles. The summed E-state index contributed by atoms with van der Waals surface area (Å²) in [6.45, 7) is 2.68. The molecule has 7 nitrogen and oxygen atoms in total. The normalized spacial score (nSPS) is 14.4. The number of ether oxygens (including phenoxy) is 1. The van der Waals surface area contributed by atoms with Gasteiger partial charge in [0.15, 0.2) is 12.6 Å². The number of aliphatic imine (C=N–C) groups is 1. The number of rotatable bonds is 10. The van der Waals surface area contributed by atoms with Crippen LogP contribution in [-0.4, -0.2) is 28.1 Å². The lowest BCUT2D eigenvalue weighted by Crippen LogP contribution is -2.12. The van der Waals surface area contributed by atoms with Gasteiger partial charge in [0, 0.05) is 22.5 Å². The first-order chi connectivity index (χ1) is 20.2. The molecule has 0 saturated carbocycles. The second-order valence-electron chi connectivity index (χ2n) is 9.75. The lowest BCUT2D eigenvalue weighted by Gasteiger charge is -2.18. The zero-order valence-electron chi connectivity index (χ0n) is 23.2. The maximum absolute atomic E-state index is 13.9. The molecule has 0 heterocycles. The summed E-state index contributed by atoms with van der Waals surface area (Å²) in [5.74, 6) is -0.818. The SMILES string of the molecule is C/C=C(/CCc1ccc2c(c1)CC=C(c1ccc(OCOP(=O)(O)O)cc1)C2=O)N=C(C)c1cc(F)cc(C(F)(F)F)c1. The van der Waals surface area contributed by atoms with Crippen molar-refractivity contribution in [2.45, 2.75) is 39.3 Å². The highest BCUT2D eigenvalue weighted by Gasteiger charge is 2.31. The van der Waals surface area contributed by atoms with E-state index in [1.807, 2.05) is 18.2 Å². The first-order valence-electron chi connectivity index (χ1n) is 13.1. The fourth-order valence-corrected chi connectivity index (χ4v) is 4.75. The molecule has 0 saturated heterocycles. The number of aryl methyl sites for hydroxylation is 1. The fourth-order valence-electron chi connectivity index (χ4n) is 4.56. The van der Waals surface area contributed by atoms with Crippen LogP contribution in [0, 0.1) is 5.82 Å². The highest BCUT2D eigenvalue weighted by atomic mass is 31.2. The van der Waals surface area contributed by atoms with Crippen LogP contribution in [0.5, 0.6) is 5.75 Å². The molecule has 3 aromatic rings. The highest BCUT2D eigenvalue weighted by Crippen LogP contribution is 2.36. The van der Waals surface area contributed by atoms with E-state index >= 15 is 0 Å². The van der Waals surface area contributed by atoms with Crippen LogP contribution in [0.25, 0.3) is 5.57 Å². The second kappa shape index (κ2) is 13.2. The fraction of sp³-hybridized carbons (Fsp3) is 0.226. The van der Waals surface area contributed by atoms with Gasteiger partial charge in [-0.05, 0) is 85.7 Å². The van der Waals surface area contributed by atoms with E-state index in [-0.39, 0.29) is 17.1 Å². The van der Waals surface area contributed by atoms with Crippen LogP contribution in [0.15, 0.2) is 83.5 Å². The quantitative estimate of drug-likeness (QED) is 0.106. The Morgan fingerprint density at radius 1 is 1.07 bits per heavy atom. The highest BCUT2D eigenvalue weighted by molar-refractivity contribution is 7.46. The number of hydrogen-bond donors (Lipinski definition) is 2. The van der Waals surface area contributed by atoms with Gasteiger partial charge in [0.1, 0.15) is 11.6 Å². The third-order valence-electron chi connectivity index (χ3n) is 6.75. The van der Waals surface area contributed by atoms with Crippen molar-refractivity contribution >= 4 is 24.9 Å². The van der Waals surface area contributed by atoms with Crippen LogP contribution in [-0.2, 0) is 28.1 Å². The van der Waals surface area contributed by atoms with Crippen LogP contribution in [0.3, 0.4) is 0 Å². The molecule has 0 atom stereocenters. The van der Waals surface area contributed by atoms with Crippen LogP contribution < -0.4 is 4.74 Å². The average Bonchev–Trinajstić information content (AvgIpc) is 2.94. The van der Waals surface area contributed by atoms with E-state index in [1.165, 1.54) is 6.92 Å². The van der Waals surface area contributed by atoms with Gasteiger partial charge in [0.25, 0.3) is 0 Å². The van der Waals surface area contributed by atoms with Crippen LogP contribution in [0.2, 0.25) is 0 Å². The summed E-state index contributed by atoms with van der Waals surface area (Å²) in [7, 11) is -4.64. The summed E-state index contributed by atoms with van der Waals surface area (Å²) in [6, 6.07) is 14.4. The molecule has 2 N–H and O–H groups in total. The molecule has 0 amide bonds.